The normalized spacial score (nSPS) is 16.9. The van der Waals surface area contributed by atoms with Crippen molar-refractivity contribution in [1.29, 1.82) is 0 Å². The van der Waals surface area contributed by atoms with Crippen LogP contribution in [0.2, 0.25) is 0 Å². The third-order valence-corrected chi connectivity index (χ3v) is 6.08. The predicted octanol–water partition coefficient (Wildman–Crippen LogP) is 2.93. The van der Waals surface area contributed by atoms with Crippen LogP contribution in [0.15, 0.2) is 30.3 Å². The van der Waals surface area contributed by atoms with Crippen LogP contribution in [0.25, 0.3) is 0 Å². The molecular weight excluding hydrogens is 270 g/mol. The highest BCUT2D eigenvalue weighted by molar-refractivity contribution is 7.91. The van der Waals surface area contributed by atoms with Crippen LogP contribution >= 0.6 is 0 Å². The van der Waals surface area contributed by atoms with Gasteiger partial charge < -0.3 is 4.90 Å². The van der Waals surface area contributed by atoms with Crippen LogP contribution in [-0.4, -0.2) is 44.5 Å². The molecule has 0 aliphatic carbocycles. The lowest BCUT2D eigenvalue weighted by Crippen LogP contribution is -2.41. The van der Waals surface area contributed by atoms with Crippen molar-refractivity contribution in [3.05, 3.63) is 35.9 Å². The van der Waals surface area contributed by atoms with E-state index in [1.165, 1.54) is 11.8 Å². The van der Waals surface area contributed by atoms with E-state index in [-0.39, 0.29) is 11.3 Å². The smallest absolute Gasteiger partial charge is 0.151 e. The average Bonchev–Trinajstić information content (AvgIpc) is 2.42. The SMILES string of the molecule is C[C@H](CCN(C)[C@@H](C)[C@@H](C)S(C)(=O)=O)c1ccccc1. The van der Waals surface area contributed by atoms with E-state index >= 15 is 0 Å². The summed E-state index contributed by atoms with van der Waals surface area (Å²) < 4.78 is 23.2. The minimum absolute atomic E-state index is 0.0352. The standard InChI is InChI=1S/C16H27NO2S/c1-13(16-9-7-6-8-10-16)11-12-17(4)14(2)15(3)20(5,18)19/h6-10,13-15H,11-12H2,1-5H3/t13-,14+,15-/m1/s1. The van der Waals surface area contributed by atoms with Gasteiger partial charge in [-0.25, -0.2) is 8.42 Å². The van der Waals surface area contributed by atoms with Crippen molar-refractivity contribution in [2.75, 3.05) is 19.8 Å². The number of benzene rings is 1. The van der Waals surface area contributed by atoms with Crippen molar-refractivity contribution in [2.24, 2.45) is 0 Å². The maximum atomic E-state index is 11.6. The van der Waals surface area contributed by atoms with E-state index in [0.29, 0.717) is 5.92 Å². The fourth-order valence-electron chi connectivity index (χ4n) is 2.27. The van der Waals surface area contributed by atoms with Gasteiger partial charge in [-0.1, -0.05) is 37.3 Å². The lowest BCUT2D eigenvalue weighted by molar-refractivity contribution is 0.245. The monoisotopic (exact) mass is 297 g/mol. The Bertz CT molecular complexity index is 498. The zero-order chi connectivity index (χ0) is 15.3. The molecule has 0 N–H and O–H groups in total. The first kappa shape index (κ1) is 17.2. The molecule has 0 saturated carbocycles. The Balaban J connectivity index is 2.53. The van der Waals surface area contributed by atoms with Gasteiger partial charge in [0.25, 0.3) is 0 Å². The highest BCUT2D eigenvalue weighted by Crippen LogP contribution is 2.20. The van der Waals surface area contributed by atoms with Crippen molar-refractivity contribution in [3.63, 3.8) is 0 Å². The van der Waals surface area contributed by atoms with Gasteiger partial charge in [-0.2, -0.15) is 0 Å². The quantitative estimate of drug-likeness (QED) is 0.776. The molecule has 3 nitrogen and oxygen atoms in total. The van der Waals surface area contributed by atoms with Gasteiger partial charge in [0.2, 0.25) is 0 Å². The van der Waals surface area contributed by atoms with Crippen LogP contribution in [0.4, 0.5) is 0 Å². The molecular formula is C16H27NO2S. The fraction of sp³-hybridized carbons (Fsp3) is 0.625. The molecule has 1 rings (SSSR count). The van der Waals surface area contributed by atoms with Crippen molar-refractivity contribution >= 4 is 9.84 Å². The van der Waals surface area contributed by atoms with Gasteiger partial charge in [-0.3, -0.25) is 0 Å². The van der Waals surface area contributed by atoms with E-state index < -0.39 is 9.84 Å². The molecule has 3 atom stereocenters. The van der Waals surface area contributed by atoms with Gasteiger partial charge in [0.05, 0.1) is 5.25 Å². The molecule has 114 valence electrons. The Kier molecular flexibility index (Phi) is 6.21. The molecule has 0 aromatic heterocycles. The van der Waals surface area contributed by atoms with Crippen LogP contribution in [0.1, 0.15) is 38.7 Å². The van der Waals surface area contributed by atoms with E-state index in [0.717, 1.165) is 13.0 Å². The van der Waals surface area contributed by atoms with E-state index in [9.17, 15) is 8.42 Å². The molecule has 0 unspecified atom stereocenters. The molecule has 0 fully saturated rings. The first-order valence-electron chi connectivity index (χ1n) is 7.17. The topological polar surface area (TPSA) is 37.4 Å². The predicted molar refractivity (Wildman–Crippen MR) is 85.9 cm³/mol. The molecule has 1 aromatic carbocycles. The maximum absolute atomic E-state index is 11.6. The molecule has 0 amide bonds. The molecule has 0 radical (unpaired) electrons. The van der Waals surface area contributed by atoms with Crippen LogP contribution in [0, 0.1) is 0 Å². The summed E-state index contributed by atoms with van der Waals surface area (Å²) in [5.41, 5.74) is 1.34. The van der Waals surface area contributed by atoms with Crippen LogP contribution in [-0.2, 0) is 9.84 Å². The Morgan fingerprint density at radius 3 is 2.15 bits per heavy atom. The summed E-state index contributed by atoms with van der Waals surface area (Å²) in [7, 11) is -0.975. The third kappa shape index (κ3) is 4.91. The van der Waals surface area contributed by atoms with Gasteiger partial charge in [-0.05, 0) is 45.3 Å². The zero-order valence-corrected chi connectivity index (χ0v) is 14.0. The summed E-state index contributed by atoms with van der Waals surface area (Å²) >= 11 is 0. The highest BCUT2D eigenvalue weighted by atomic mass is 32.2. The van der Waals surface area contributed by atoms with Gasteiger partial charge in [0.1, 0.15) is 0 Å². The second-order valence-corrected chi connectivity index (χ2v) is 8.26. The Morgan fingerprint density at radius 1 is 1.10 bits per heavy atom. The molecule has 20 heavy (non-hydrogen) atoms. The summed E-state index contributed by atoms with van der Waals surface area (Å²) in [6, 6.07) is 10.5. The summed E-state index contributed by atoms with van der Waals surface area (Å²) in [5, 5.41) is -0.334. The number of nitrogens with zero attached hydrogens (tertiary/aromatic N) is 1. The first-order valence-corrected chi connectivity index (χ1v) is 9.13. The van der Waals surface area contributed by atoms with Crippen LogP contribution in [0.3, 0.4) is 0 Å². The lowest BCUT2D eigenvalue weighted by atomic mass is 9.97. The molecule has 1 aromatic rings. The second kappa shape index (κ2) is 7.23. The maximum Gasteiger partial charge on any atom is 0.151 e. The summed E-state index contributed by atoms with van der Waals surface area (Å²) in [4.78, 5) is 2.14. The summed E-state index contributed by atoms with van der Waals surface area (Å²) in [6.45, 7) is 6.89. The van der Waals surface area contributed by atoms with E-state index in [1.807, 2.05) is 20.0 Å². The Morgan fingerprint density at radius 2 is 1.65 bits per heavy atom. The minimum Gasteiger partial charge on any atom is -0.302 e. The second-order valence-electron chi connectivity index (χ2n) is 5.86. The van der Waals surface area contributed by atoms with Gasteiger partial charge in [-0.15, -0.1) is 0 Å². The molecule has 0 aliphatic heterocycles. The average molecular weight is 297 g/mol. The van der Waals surface area contributed by atoms with Crippen LogP contribution in [0.5, 0.6) is 0 Å². The Labute approximate surface area is 123 Å². The van der Waals surface area contributed by atoms with Gasteiger partial charge in [0, 0.05) is 12.3 Å². The van der Waals surface area contributed by atoms with Gasteiger partial charge in [0.15, 0.2) is 9.84 Å². The zero-order valence-electron chi connectivity index (χ0n) is 13.2. The Hall–Kier alpha value is -0.870. The van der Waals surface area contributed by atoms with Crippen molar-refractivity contribution < 1.29 is 8.42 Å². The van der Waals surface area contributed by atoms with E-state index in [1.54, 1.807) is 6.92 Å². The number of rotatable bonds is 7. The van der Waals surface area contributed by atoms with Gasteiger partial charge >= 0.3 is 0 Å². The van der Waals surface area contributed by atoms with Crippen molar-refractivity contribution in [2.45, 2.75) is 44.4 Å². The number of hydrogen-bond donors (Lipinski definition) is 0. The molecule has 4 heteroatoms. The van der Waals surface area contributed by atoms with Crippen molar-refractivity contribution in [1.82, 2.24) is 4.90 Å². The first-order chi connectivity index (χ1) is 9.23. The fourth-order valence-corrected chi connectivity index (χ4v) is 3.19. The third-order valence-electron chi connectivity index (χ3n) is 4.33. The molecule has 0 saturated heterocycles. The number of sulfone groups is 1. The van der Waals surface area contributed by atoms with Crippen molar-refractivity contribution in [3.8, 4) is 0 Å². The van der Waals surface area contributed by atoms with E-state index in [2.05, 4.69) is 36.1 Å². The molecule has 0 aliphatic rings. The number of hydrogen-bond acceptors (Lipinski definition) is 3. The minimum atomic E-state index is -2.98. The van der Waals surface area contributed by atoms with Crippen LogP contribution < -0.4 is 0 Å². The molecule has 0 bridgehead atoms. The molecule has 0 spiro atoms. The largest absolute Gasteiger partial charge is 0.302 e. The lowest BCUT2D eigenvalue weighted by Gasteiger charge is -2.29. The highest BCUT2D eigenvalue weighted by Gasteiger charge is 2.25. The summed E-state index contributed by atoms with van der Waals surface area (Å²) in [6.07, 6.45) is 2.34. The summed E-state index contributed by atoms with van der Waals surface area (Å²) in [5.74, 6) is 0.486. The molecule has 0 heterocycles. The van der Waals surface area contributed by atoms with E-state index in [4.69, 9.17) is 0 Å².